The van der Waals surface area contributed by atoms with Crippen molar-refractivity contribution in [3.8, 4) is 0 Å². The molecule has 0 aliphatic heterocycles. The summed E-state index contributed by atoms with van der Waals surface area (Å²) in [7, 11) is -3.43. The van der Waals surface area contributed by atoms with Gasteiger partial charge in [0.1, 0.15) is 0 Å². The number of rotatable bonds is 5. The minimum Gasteiger partial charge on any atom is -0.361 e. The highest BCUT2D eigenvalue weighted by molar-refractivity contribution is 7.89. The van der Waals surface area contributed by atoms with Crippen molar-refractivity contribution < 1.29 is 8.42 Å². The van der Waals surface area contributed by atoms with Crippen molar-refractivity contribution in [2.75, 3.05) is 6.54 Å². The number of para-hydroxylation sites is 1. The van der Waals surface area contributed by atoms with Crippen molar-refractivity contribution in [3.05, 3.63) is 51.8 Å². The summed E-state index contributed by atoms with van der Waals surface area (Å²) in [5.74, 6) is 0. The van der Waals surface area contributed by atoms with Gasteiger partial charge in [-0.05, 0) is 38.0 Å². The first-order chi connectivity index (χ1) is 10.5. The van der Waals surface area contributed by atoms with Crippen molar-refractivity contribution >= 4 is 32.3 Å². The Bertz CT molecular complexity index is 907. The molecule has 0 radical (unpaired) electrons. The predicted octanol–water partition coefficient (Wildman–Crippen LogP) is 3.37. The molecule has 0 saturated carbocycles. The van der Waals surface area contributed by atoms with Crippen LogP contribution >= 0.6 is 11.3 Å². The molecular formula is C16H18N2O2S2. The van der Waals surface area contributed by atoms with E-state index >= 15 is 0 Å². The molecule has 2 N–H and O–H groups in total. The summed E-state index contributed by atoms with van der Waals surface area (Å²) in [5.41, 5.74) is 2.20. The van der Waals surface area contributed by atoms with Crippen LogP contribution in [0.5, 0.6) is 0 Å². The highest BCUT2D eigenvalue weighted by Crippen LogP contribution is 2.24. The van der Waals surface area contributed by atoms with Gasteiger partial charge < -0.3 is 4.98 Å². The Morgan fingerprint density at radius 2 is 2.00 bits per heavy atom. The maximum absolute atomic E-state index is 12.3. The summed E-state index contributed by atoms with van der Waals surface area (Å²) in [5, 5.41) is 1.14. The Kier molecular flexibility index (Phi) is 4.08. The van der Waals surface area contributed by atoms with Crippen molar-refractivity contribution in [1.29, 1.82) is 0 Å². The molecule has 4 nitrogen and oxygen atoms in total. The van der Waals surface area contributed by atoms with Crippen LogP contribution in [0, 0.1) is 13.8 Å². The van der Waals surface area contributed by atoms with Crippen LogP contribution in [0.4, 0.5) is 0 Å². The van der Waals surface area contributed by atoms with Gasteiger partial charge in [-0.25, -0.2) is 13.1 Å². The van der Waals surface area contributed by atoms with Crippen LogP contribution in [0.3, 0.4) is 0 Å². The van der Waals surface area contributed by atoms with E-state index in [0.29, 0.717) is 17.9 Å². The quantitative estimate of drug-likeness (QED) is 0.751. The molecule has 3 aromatic rings. The lowest BCUT2D eigenvalue weighted by Crippen LogP contribution is -2.26. The van der Waals surface area contributed by atoms with Crippen molar-refractivity contribution in [2.24, 2.45) is 0 Å². The van der Waals surface area contributed by atoms with Gasteiger partial charge in [0.15, 0.2) is 0 Å². The summed E-state index contributed by atoms with van der Waals surface area (Å²) in [6.45, 7) is 4.15. The molecule has 6 heteroatoms. The Balaban J connectivity index is 1.71. The lowest BCUT2D eigenvalue weighted by molar-refractivity contribution is 0.581. The summed E-state index contributed by atoms with van der Waals surface area (Å²) < 4.78 is 27.4. The molecule has 2 aromatic heterocycles. The van der Waals surface area contributed by atoms with Crippen LogP contribution in [-0.4, -0.2) is 19.9 Å². The number of aromatic amines is 1. The van der Waals surface area contributed by atoms with Crippen LogP contribution in [0.1, 0.15) is 15.3 Å². The summed E-state index contributed by atoms with van der Waals surface area (Å²) in [6.07, 6.45) is 2.60. The van der Waals surface area contributed by atoms with E-state index in [9.17, 15) is 8.42 Å². The molecule has 0 bridgehead atoms. The monoisotopic (exact) mass is 334 g/mol. The summed E-state index contributed by atoms with van der Waals surface area (Å²) in [4.78, 5) is 5.44. The second-order valence-corrected chi connectivity index (χ2v) is 8.48. The highest BCUT2D eigenvalue weighted by atomic mass is 32.2. The van der Waals surface area contributed by atoms with E-state index in [0.717, 1.165) is 26.2 Å². The number of H-pyrrole nitrogens is 1. The van der Waals surface area contributed by atoms with E-state index in [1.165, 1.54) is 11.3 Å². The van der Waals surface area contributed by atoms with E-state index < -0.39 is 10.0 Å². The summed E-state index contributed by atoms with van der Waals surface area (Å²) in [6, 6.07) is 9.75. The lowest BCUT2D eigenvalue weighted by Gasteiger charge is -2.06. The Hall–Kier alpha value is -1.63. The van der Waals surface area contributed by atoms with Crippen LogP contribution in [0.2, 0.25) is 0 Å². The van der Waals surface area contributed by atoms with Crippen LogP contribution < -0.4 is 4.72 Å². The molecule has 0 fully saturated rings. The van der Waals surface area contributed by atoms with Gasteiger partial charge in [0.25, 0.3) is 0 Å². The molecule has 0 saturated heterocycles. The largest absolute Gasteiger partial charge is 0.361 e. The molecule has 0 aliphatic carbocycles. The van der Waals surface area contributed by atoms with E-state index in [1.807, 2.05) is 44.3 Å². The first kappa shape index (κ1) is 15.3. The van der Waals surface area contributed by atoms with Gasteiger partial charge >= 0.3 is 0 Å². The minimum absolute atomic E-state index is 0.387. The second-order valence-electron chi connectivity index (χ2n) is 5.28. The molecule has 1 aromatic carbocycles. The standard InChI is InChI=1S/C16H18N2O2S2/c1-11-9-16(12(2)21-11)22(19,20)18-8-7-13-10-17-15-6-4-3-5-14(13)15/h3-6,9-10,17-18H,7-8H2,1-2H3. The highest BCUT2D eigenvalue weighted by Gasteiger charge is 2.18. The molecule has 0 spiro atoms. The zero-order chi connectivity index (χ0) is 15.7. The zero-order valence-electron chi connectivity index (χ0n) is 12.5. The van der Waals surface area contributed by atoms with Gasteiger partial charge in [0.2, 0.25) is 10.0 Å². The number of fused-ring (bicyclic) bond motifs is 1. The number of nitrogens with one attached hydrogen (secondary N) is 2. The maximum Gasteiger partial charge on any atom is 0.241 e. The first-order valence-corrected chi connectivity index (χ1v) is 9.39. The number of hydrogen-bond donors (Lipinski definition) is 2. The van der Waals surface area contributed by atoms with Gasteiger partial charge in [-0.3, -0.25) is 0 Å². The average molecular weight is 334 g/mol. The molecule has 2 heterocycles. The van der Waals surface area contributed by atoms with Crippen LogP contribution in [0.25, 0.3) is 10.9 Å². The Morgan fingerprint density at radius 3 is 2.73 bits per heavy atom. The molecule has 0 atom stereocenters. The number of aryl methyl sites for hydroxylation is 2. The van der Waals surface area contributed by atoms with Gasteiger partial charge in [-0.2, -0.15) is 0 Å². The molecule has 22 heavy (non-hydrogen) atoms. The fourth-order valence-corrected chi connectivity index (χ4v) is 5.20. The SMILES string of the molecule is Cc1cc(S(=O)(=O)NCCc2c[nH]c3ccccc23)c(C)s1. The number of aromatic nitrogens is 1. The number of hydrogen-bond acceptors (Lipinski definition) is 3. The number of sulfonamides is 1. The molecule has 116 valence electrons. The van der Waals surface area contributed by atoms with Gasteiger partial charge in [-0.15, -0.1) is 11.3 Å². The third-order valence-electron chi connectivity index (χ3n) is 3.65. The van der Waals surface area contributed by atoms with E-state index in [2.05, 4.69) is 9.71 Å². The van der Waals surface area contributed by atoms with Gasteiger partial charge in [0, 0.05) is 33.4 Å². The lowest BCUT2D eigenvalue weighted by atomic mass is 10.1. The van der Waals surface area contributed by atoms with E-state index in [4.69, 9.17) is 0 Å². The fraction of sp³-hybridized carbons (Fsp3) is 0.250. The maximum atomic E-state index is 12.3. The first-order valence-electron chi connectivity index (χ1n) is 7.09. The Labute approximate surface area is 134 Å². The number of benzene rings is 1. The third kappa shape index (κ3) is 2.95. The van der Waals surface area contributed by atoms with E-state index in [1.54, 1.807) is 6.07 Å². The molecular weight excluding hydrogens is 316 g/mol. The summed E-state index contributed by atoms with van der Waals surface area (Å²) >= 11 is 1.51. The topological polar surface area (TPSA) is 62.0 Å². The zero-order valence-corrected chi connectivity index (χ0v) is 14.1. The predicted molar refractivity (Wildman–Crippen MR) is 91.0 cm³/mol. The van der Waals surface area contributed by atoms with Gasteiger partial charge in [0.05, 0.1) is 4.90 Å². The fourth-order valence-electron chi connectivity index (χ4n) is 2.61. The van der Waals surface area contributed by atoms with Crippen LogP contribution in [0.15, 0.2) is 41.4 Å². The molecule has 0 unspecified atom stereocenters. The third-order valence-corrected chi connectivity index (χ3v) is 6.33. The van der Waals surface area contributed by atoms with Crippen molar-refractivity contribution in [3.63, 3.8) is 0 Å². The minimum atomic E-state index is -3.43. The normalized spacial score (nSPS) is 12.1. The smallest absolute Gasteiger partial charge is 0.241 e. The average Bonchev–Trinajstić information content (AvgIpc) is 3.03. The van der Waals surface area contributed by atoms with Crippen molar-refractivity contribution in [1.82, 2.24) is 9.71 Å². The molecule has 0 amide bonds. The van der Waals surface area contributed by atoms with E-state index in [-0.39, 0.29) is 0 Å². The van der Waals surface area contributed by atoms with Crippen molar-refractivity contribution in [2.45, 2.75) is 25.2 Å². The Morgan fingerprint density at radius 1 is 1.23 bits per heavy atom. The van der Waals surface area contributed by atoms with Crippen LogP contribution in [-0.2, 0) is 16.4 Å². The number of thiophene rings is 1. The second kappa shape index (κ2) is 5.87. The van der Waals surface area contributed by atoms with Gasteiger partial charge in [-0.1, -0.05) is 18.2 Å². The molecule has 0 aliphatic rings. The molecule has 3 rings (SSSR count).